The number of benzene rings is 1. The Kier molecular flexibility index (Phi) is 2.49. The van der Waals surface area contributed by atoms with Crippen LogP contribution in [0.15, 0.2) is 18.2 Å². The highest BCUT2D eigenvalue weighted by molar-refractivity contribution is 5.80. The fourth-order valence-corrected chi connectivity index (χ4v) is 2.05. The van der Waals surface area contributed by atoms with Crippen LogP contribution in [0.3, 0.4) is 0 Å². The van der Waals surface area contributed by atoms with Crippen molar-refractivity contribution in [3.05, 3.63) is 23.8 Å². The number of aryl methyl sites for hydroxylation is 1. The first-order valence-electron chi connectivity index (χ1n) is 5.08. The van der Waals surface area contributed by atoms with E-state index in [0.717, 1.165) is 30.8 Å². The Morgan fingerprint density at radius 2 is 2.27 bits per heavy atom. The number of hydrogen-bond donors (Lipinski definition) is 2. The van der Waals surface area contributed by atoms with Gasteiger partial charge in [-0.05, 0) is 36.6 Å². The molecule has 4 heteroatoms. The van der Waals surface area contributed by atoms with Crippen LogP contribution >= 0.6 is 0 Å². The molecule has 0 spiro atoms. The summed E-state index contributed by atoms with van der Waals surface area (Å²) in [4.78, 5) is 12.9. The highest BCUT2D eigenvalue weighted by Gasteiger charge is 2.17. The van der Waals surface area contributed by atoms with Gasteiger partial charge in [0.2, 0.25) is 5.91 Å². The van der Waals surface area contributed by atoms with Gasteiger partial charge >= 0.3 is 0 Å². The maximum absolute atomic E-state index is 10.9. The second kappa shape index (κ2) is 3.81. The molecule has 2 rings (SSSR count). The fourth-order valence-electron chi connectivity index (χ4n) is 2.05. The standard InChI is InChI=1S/C11H15N3O/c12-9-3-4-10-8(6-9)2-1-5-14(10)7-11(13)15/h3-4,6H,1-2,5,7,12H2,(H2,13,15). The number of nitrogen functional groups attached to an aromatic ring is 1. The lowest BCUT2D eigenvalue weighted by atomic mass is 10.0. The van der Waals surface area contributed by atoms with E-state index >= 15 is 0 Å². The predicted octanol–water partition coefficient (Wildman–Crippen LogP) is 0.507. The number of rotatable bonds is 2. The topological polar surface area (TPSA) is 72.4 Å². The van der Waals surface area contributed by atoms with E-state index in [0.29, 0.717) is 0 Å². The van der Waals surface area contributed by atoms with Crippen LogP contribution < -0.4 is 16.4 Å². The molecule has 1 aromatic rings. The lowest BCUT2D eigenvalue weighted by Crippen LogP contribution is -2.37. The molecule has 0 aromatic heterocycles. The van der Waals surface area contributed by atoms with Gasteiger partial charge in [0.25, 0.3) is 0 Å². The predicted molar refractivity (Wildman–Crippen MR) is 60.6 cm³/mol. The molecular weight excluding hydrogens is 190 g/mol. The minimum Gasteiger partial charge on any atom is -0.399 e. The third-order valence-corrected chi connectivity index (χ3v) is 2.67. The van der Waals surface area contributed by atoms with Gasteiger partial charge in [0.05, 0.1) is 6.54 Å². The van der Waals surface area contributed by atoms with Gasteiger partial charge in [-0.3, -0.25) is 4.79 Å². The van der Waals surface area contributed by atoms with E-state index in [1.807, 2.05) is 23.1 Å². The largest absolute Gasteiger partial charge is 0.399 e. The molecule has 0 radical (unpaired) electrons. The lowest BCUT2D eigenvalue weighted by Gasteiger charge is -2.30. The van der Waals surface area contributed by atoms with E-state index < -0.39 is 0 Å². The minimum absolute atomic E-state index is 0.289. The van der Waals surface area contributed by atoms with E-state index in [1.54, 1.807) is 0 Å². The third kappa shape index (κ3) is 2.03. The van der Waals surface area contributed by atoms with Crippen molar-refractivity contribution in [3.8, 4) is 0 Å². The lowest BCUT2D eigenvalue weighted by molar-refractivity contribution is -0.116. The summed E-state index contributed by atoms with van der Waals surface area (Å²) in [5, 5.41) is 0. The van der Waals surface area contributed by atoms with E-state index in [4.69, 9.17) is 11.5 Å². The summed E-state index contributed by atoms with van der Waals surface area (Å²) in [6.45, 7) is 1.18. The molecule has 1 aromatic carbocycles. The van der Waals surface area contributed by atoms with E-state index in [9.17, 15) is 4.79 Å². The molecule has 1 aliphatic rings. The van der Waals surface area contributed by atoms with Gasteiger partial charge in [-0.15, -0.1) is 0 Å². The molecule has 0 atom stereocenters. The molecule has 1 amide bonds. The van der Waals surface area contributed by atoms with Crippen molar-refractivity contribution in [1.29, 1.82) is 0 Å². The van der Waals surface area contributed by atoms with Crippen LogP contribution in [0.2, 0.25) is 0 Å². The summed E-state index contributed by atoms with van der Waals surface area (Å²) < 4.78 is 0. The van der Waals surface area contributed by atoms with Crippen LogP contribution in [0.5, 0.6) is 0 Å². The Labute approximate surface area is 88.9 Å². The van der Waals surface area contributed by atoms with Crippen molar-refractivity contribution in [3.63, 3.8) is 0 Å². The molecule has 0 saturated carbocycles. The molecule has 1 heterocycles. The highest BCUT2D eigenvalue weighted by Crippen LogP contribution is 2.28. The van der Waals surface area contributed by atoms with Crippen molar-refractivity contribution in [2.24, 2.45) is 5.73 Å². The van der Waals surface area contributed by atoms with Gasteiger partial charge in [0.1, 0.15) is 0 Å². The Morgan fingerprint density at radius 1 is 1.47 bits per heavy atom. The maximum Gasteiger partial charge on any atom is 0.236 e. The zero-order chi connectivity index (χ0) is 10.8. The summed E-state index contributed by atoms with van der Waals surface area (Å²) >= 11 is 0. The zero-order valence-electron chi connectivity index (χ0n) is 8.57. The van der Waals surface area contributed by atoms with Gasteiger partial charge in [0.15, 0.2) is 0 Å². The number of hydrogen-bond acceptors (Lipinski definition) is 3. The molecular formula is C11H15N3O. The van der Waals surface area contributed by atoms with Crippen molar-refractivity contribution in [1.82, 2.24) is 0 Å². The maximum atomic E-state index is 10.9. The minimum atomic E-state index is -0.292. The van der Waals surface area contributed by atoms with Crippen molar-refractivity contribution in [2.45, 2.75) is 12.8 Å². The Bertz CT molecular complexity index is 389. The molecule has 0 aliphatic carbocycles. The van der Waals surface area contributed by atoms with Gasteiger partial charge in [-0.2, -0.15) is 0 Å². The van der Waals surface area contributed by atoms with Crippen LogP contribution in [-0.2, 0) is 11.2 Å². The van der Waals surface area contributed by atoms with Gasteiger partial charge in [0, 0.05) is 17.9 Å². The molecule has 4 nitrogen and oxygen atoms in total. The molecule has 0 fully saturated rings. The quantitative estimate of drug-likeness (QED) is 0.691. The average Bonchev–Trinajstić information content (AvgIpc) is 2.16. The van der Waals surface area contributed by atoms with Crippen LogP contribution in [0, 0.1) is 0 Å². The molecule has 4 N–H and O–H groups in total. The first-order chi connectivity index (χ1) is 7.16. The zero-order valence-corrected chi connectivity index (χ0v) is 8.57. The smallest absolute Gasteiger partial charge is 0.236 e. The number of anilines is 2. The second-order valence-corrected chi connectivity index (χ2v) is 3.88. The molecule has 1 aliphatic heterocycles. The van der Waals surface area contributed by atoms with E-state index in [-0.39, 0.29) is 12.5 Å². The highest BCUT2D eigenvalue weighted by atomic mass is 16.1. The van der Waals surface area contributed by atoms with Crippen LogP contribution in [0.4, 0.5) is 11.4 Å². The normalized spacial score (nSPS) is 14.8. The van der Waals surface area contributed by atoms with E-state index in [1.165, 1.54) is 5.56 Å². The van der Waals surface area contributed by atoms with Crippen LogP contribution in [0.25, 0.3) is 0 Å². The number of nitrogens with two attached hydrogens (primary N) is 2. The Balaban J connectivity index is 2.30. The number of carbonyl (C=O) groups is 1. The Hall–Kier alpha value is -1.71. The first kappa shape index (κ1) is 9.83. The van der Waals surface area contributed by atoms with E-state index in [2.05, 4.69) is 0 Å². The fraction of sp³-hybridized carbons (Fsp3) is 0.364. The average molecular weight is 205 g/mol. The summed E-state index contributed by atoms with van der Waals surface area (Å²) in [5.74, 6) is -0.292. The van der Waals surface area contributed by atoms with Gasteiger partial charge in [-0.1, -0.05) is 0 Å². The summed E-state index contributed by atoms with van der Waals surface area (Å²) in [5.41, 5.74) is 14.0. The number of carbonyl (C=O) groups excluding carboxylic acids is 1. The summed E-state index contributed by atoms with van der Waals surface area (Å²) in [6, 6.07) is 5.80. The number of primary amides is 1. The van der Waals surface area contributed by atoms with Crippen LogP contribution in [-0.4, -0.2) is 19.0 Å². The third-order valence-electron chi connectivity index (χ3n) is 2.67. The SMILES string of the molecule is NC(=O)CN1CCCc2cc(N)ccc21. The number of amides is 1. The second-order valence-electron chi connectivity index (χ2n) is 3.88. The molecule has 0 saturated heterocycles. The van der Waals surface area contributed by atoms with Crippen molar-refractivity contribution >= 4 is 17.3 Å². The number of fused-ring (bicyclic) bond motifs is 1. The van der Waals surface area contributed by atoms with Crippen molar-refractivity contribution in [2.75, 3.05) is 23.7 Å². The van der Waals surface area contributed by atoms with Crippen molar-refractivity contribution < 1.29 is 4.79 Å². The first-order valence-corrected chi connectivity index (χ1v) is 5.08. The Morgan fingerprint density at radius 3 is 3.00 bits per heavy atom. The summed E-state index contributed by atoms with van der Waals surface area (Å²) in [7, 11) is 0. The number of nitrogens with zero attached hydrogens (tertiary/aromatic N) is 1. The molecule has 0 unspecified atom stereocenters. The molecule has 80 valence electrons. The summed E-state index contributed by atoms with van der Waals surface area (Å²) in [6.07, 6.45) is 2.07. The van der Waals surface area contributed by atoms with Gasteiger partial charge in [-0.25, -0.2) is 0 Å². The van der Waals surface area contributed by atoms with Crippen LogP contribution in [0.1, 0.15) is 12.0 Å². The van der Waals surface area contributed by atoms with Gasteiger partial charge < -0.3 is 16.4 Å². The molecule has 0 bridgehead atoms. The molecule has 15 heavy (non-hydrogen) atoms. The monoisotopic (exact) mass is 205 g/mol.